The first kappa shape index (κ1) is 18.0. The molecular weight excluding hydrogens is 348 g/mol. The van der Waals surface area contributed by atoms with E-state index in [0.717, 1.165) is 16.9 Å². The van der Waals surface area contributed by atoms with E-state index in [1.807, 2.05) is 61.5 Å². The van der Waals surface area contributed by atoms with Gasteiger partial charge in [0.05, 0.1) is 12.4 Å². The minimum atomic E-state index is -0.293. The largest absolute Gasteiger partial charge is 0.497 e. The van der Waals surface area contributed by atoms with Crippen LogP contribution >= 0.6 is 11.8 Å². The van der Waals surface area contributed by atoms with Crippen molar-refractivity contribution >= 4 is 17.7 Å². The highest BCUT2D eigenvalue weighted by atomic mass is 32.2. The maximum atomic E-state index is 12.3. The fourth-order valence-electron chi connectivity index (χ4n) is 2.32. The molecule has 0 unspecified atom stereocenters. The van der Waals surface area contributed by atoms with Crippen molar-refractivity contribution in [3.05, 3.63) is 60.2 Å². The highest BCUT2D eigenvalue weighted by molar-refractivity contribution is 8.00. The van der Waals surface area contributed by atoms with Crippen LogP contribution in [0.5, 0.6) is 5.75 Å². The van der Waals surface area contributed by atoms with Crippen molar-refractivity contribution in [3.63, 3.8) is 0 Å². The molecular formula is C19H20N4O2S. The van der Waals surface area contributed by atoms with Crippen molar-refractivity contribution < 1.29 is 9.53 Å². The number of carbonyl (C=O) groups is 1. The molecule has 0 aliphatic carbocycles. The highest BCUT2D eigenvalue weighted by Crippen LogP contribution is 2.24. The number of H-pyrrole nitrogens is 1. The number of rotatable bonds is 7. The molecule has 0 spiro atoms. The zero-order valence-electron chi connectivity index (χ0n) is 14.6. The molecule has 1 amide bonds. The lowest BCUT2D eigenvalue weighted by molar-refractivity contribution is -0.120. The minimum Gasteiger partial charge on any atom is -0.497 e. The summed E-state index contributed by atoms with van der Waals surface area (Å²) in [6, 6.07) is 17.4. The molecule has 0 radical (unpaired) electrons. The van der Waals surface area contributed by atoms with E-state index in [4.69, 9.17) is 4.74 Å². The van der Waals surface area contributed by atoms with E-state index in [1.165, 1.54) is 11.8 Å². The number of nitrogens with zero attached hydrogens (tertiary/aromatic N) is 2. The van der Waals surface area contributed by atoms with Gasteiger partial charge in [-0.15, -0.1) is 5.10 Å². The average molecular weight is 368 g/mol. The molecule has 2 N–H and O–H groups in total. The Morgan fingerprint density at radius 2 is 1.92 bits per heavy atom. The van der Waals surface area contributed by atoms with Crippen LogP contribution in [0.4, 0.5) is 0 Å². The van der Waals surface area contributed by atoms with E-state index in [9.17, 15) is 4.79 Å². The van der Waals surface area contributed by atoms with Gasteiger partial charge in [0.15, 0.2) is 5.82 Å². The van der Waals surface area contributed by atoms with E-state index < -0.39 is 0 Å². The number of aromatic amines is 1. The number of amides is 1. The third-order valence-corrected chi connectivity index (χ3v) is 4.75. The van der Waals surface area contributed by atoms with Gasteiger partial charge in [-0.1, -0.05) is 42.1 Å². The Bertz CT molecular complexity index is 849. The number of thioether (sulfide) groups is 1. The molecule has 3 rings (SSSR count). The number of hydrogen-bond donors (Lipinski definition) is 2. The van der Waals surface area contributed by atoms with Crippen LogP contribution < -0.4 is 10.1 Å². The van der Waals surface area contributed by atoms with Crippen molar-refractivity contribution in [2.75, 3.05) is 7.11 Å². The second-order valence-corrected chi connectivity index (χ2v) is 6.97. The van der Waals surface area contributed by atoms with Gasteiger partial charge in [0.25, 0.3) is 0 Å². The molecule has 134 valence electrons. The lowest BCUT2D eigenvalue weighted by Gasteiger charge is -2.10. The van der Waals surface area contributed by atoms with Gasteiger partial charge < -0.3 is 10.1 Å². The zero-order chi connectivity index (χ0) is 18.4. The fraction of sp³-hybridized carbons (Fsp3) is 0.211. The lowest BCUT2D eigenvalue weighted by atomic mass is 10.2. The first-order valence-electron chi connectivity index (χ1n) is 8.21. The summed E-state index contributed by atoms with van der Waals surface area (Å²) >= 11 is 1.32. The summed E-state index contributed by atoms with van der Waals surface area (Å²) in [4.78, 5) is 16.7. The average Bonchev–Trinajstić information content (AvgIpc) is 3.15. The monoisotopic (exact) mass is 368 g/mol. The summed E-state index contributed by atoms with van der Waals surface area (Å²) in [6.45, 7) is 2.35. The summed E-state index contributed by atoms with van der Waals surface area (Å²) < 4.78 is 5.15. The van der Waals surface area contributed by atoms with Gasteiger partial charge in [-0.2, -0.15) is 0 Å². The molecule has 0 saturated heterocycles. The number of hydrogen-bond acceptors (Lipinski definition) is 5. The number of methoxy groups -OCH3 is 1. The van der Waals surface area contributed by atoms with Gasteiger partial charge >= 0.3 is 0 Å². The van der Waals surface area contributed by atoms with Crippen molar-refractivity contribution in [1.29, 1.82) is 0 Å². The number of nitrogens with one attached hydrogen (secondary N) is 2. The van der Waals surface area contributed by atoms with E-state index in [-0.39, 0.29) is 11.2 Å². The molecule has 1 atom stereocenters. The van der Waals surface area contributed by atoms with Crippen LogP contribution in [0.3, 0.4) is 0 Å². The molecule has 26 heavy (non-hydrogen) atoms. The van der Waals surface area contributed by atoms with Crippen LogP contribution in [-0.4, -0.2) is 33.4 Å². The smallest absolute Gasteiger partial charge is 0.233 e. The third kappa shape index (κ3) is 4.64. The molecule has 2 aromatic carbocycles. The van der Waals surface area contributed by atoms with Crippen LogP contribution in [0.2, 0.25) is 0 Å². The van der Waals surface area contributed by atoms with Crippen molar-refractivity contribution in [2.45, 2.75) is 23.9 Å². The normalized spacial score (nSPS) is 11.8. The van der Waals surface area contributed by atoms with Crippen LogP contribution in [-0.2, 0) is 11.3 Å². The SMILES string of the molecule is COc1ccc(-c2nc(S[C@@H](C)C(=O)NCc3ccccc3)n[nH]2)cc1. The standard InChI is InChI=1S/C19H20N4O2S/c1-13(18(24)20-12-14-6-4-3-5-7-14)26-19-21-17(22-23-19)15-8-10-16(25-2)11-9-15/h3-11,13H,12H2,1-2H3,(H,20,24)(H,21,22,23)/t13-/m0/s1. The number of carbonyl (C=O) groups excluding carboxylic acids is 1. The quantitative estimate of drug-likeness (QED) is 0.626. The Balaban J connectivity index is 1.56. The van der Waals surface area contributed by atoms with Crippen LogP contribution in [0, 0.1) is 0 Å². The first-order chi connectivity index (χ1) is 12.7. The topological polar surface area (TPSA) is 79.9 Å². The predicted octanol–water partition coefficient (Wildman–Crippen LogP) is 3.28. The van der Waals surface area contributed by atoms with E-state index in [2.05, 4.69) is 20.5 Å². The lowest BCUT2D eigenvalue weighted by Crippen LogP contribution is -2.30. The Hall–Kier alpha value is -2.80. The van der Waals surface area contributed by atoms with Gasteiger partial charge in [0.2, 0.25) is 11.1 Å². The van der Waals surface area contributed by atoms with Gasteiger partial charge in [0.1, 0.15) is 5.75 Å². The van der Waals surface area contributed by atoms with Gasteiger partial charge in [-0.05, 0) is 36.8 Å². The predicted molar refractivity (Wildman–Crippen MR) is 102 cm³/mol. The maximum absolute atomic E-state index is 12.3. The Kier molecular flexibility index (Phi) is 5.91. The van der Waals surface area contributed by atoms with E-state index in [0.29, 0.717) is 17.5 Å². The summed E-state index contributed by atoms with van der Waals surface area (Å²) in [5.74, 6) is 1.40. The van der Waals surface area contributed by atoms with E-state index >= 15 is 0 Å². The molecule has 6 nitrogen and oxygen atoms in total. The maximum Gasteiger partial charge on any atom is 0.233 e. The second kappa shape index (κ2) is 8.53. The van der Waals surface area contributed by atoms with Gasteiger partial charge in [-0.3, -0.25) is 9.89 Å². The van der Waals surface area contributed by atoms with Crippen LogP contribution in [0.25, 0.3) is 11.4 Å². The highest BCUT2D eigenvalue weighted by Gasteiger charge is 2.17. The molecule has 7 heteroatoms. The van der Waals surface area contributed by atoms with Crippen LogP contribution in [0.1, 0.15) is 12.5 Å². The number of ether oxygens (including phenoxy) is 1. The van der Waals surface area contributed by atoms with Gasteiger partial charge in [-0.25, -0.2) is 4.98 Å². The van der Waals surface area contributed by atoms with Crippen molar-refractivity contribution in [1.82, 2.24) is 20.5 Å². The number of benzene rings is 2. The first-order valence-corrected chi connectivity index (χ1v) is 9.09. The third-order valence-electron chi connectivity index (χ3n) is 3.79. The molecule has 0 aliphatic rings. The van der Waals surface area contributed by atoms with Gasteiger partial charge in [0, 0.05) is 12.1 Å². The summed E-state index contributed by atoms with van der Waals surface area (Å²) in [5.41, 5.74) is 1.98. The molecule has 0 fully saturated rings. The summed E-state index contributed by atoms with van der Waals surface area (Å²) in [7, 11) is 1.63. The van der Waals surface area contributed by atoms with Crippen molar-refractivity contribution in [2.24, 2.45) is 0 Å². The van der Waals surface area contributed by atoms with Crippen molar-refractivity contribution in [3.8, 4) is 17.1 Å². The zero-order valence-corrected chi connectivity index (χ0v) is 15.4. The molecule has 1 heterocycles. The Labute approximate surface area is 156 Å². The summed E-state index contributed by atoms with van der Waals surface area (Å²) in [6.07, 6.45) is 0. The summed E-state index contributed by atoms with van der Waals surface area (Å²) in [5, 5.41) is 10.3. The Morgan fingerprint density at radius 1 is 1.19 bits per heavy atom. The fourth-order valence-corrected chi connectivity index (χ4v) is 3.07. The molecule has 1 aromatic heterocycles. The molecule has 0 aliphatic heterocycles. The second-order valence-electron chi connectivity index (χ2n) is 5.66. The van der Waals surface area contributed by atoms with E-state index in [1.54, 1.807) is 7.11 Å². The minimum absolute atomic E-state index is 0.0466. The molecule has 0 bridgehead atoms. The Morgan fingerprint density at radius 3 is 2.62 bits per heavy atom. The molecule has 3 aromatic rings. The number of aromatic nitrogens is 3. The van der Waals surface area contributed by atoms with Crippen LogP contribution in [0.15, 0.2) is 59.8 Å². The molecule has 0 saturated carbocycles.